The maximum atomic E-state index is 11.8. The lowest BCUT2D eigenvalue weighted by Gasteiger charge is -2.04. The highest BCUT2D eigenvalue weighted by Crippen LogP contribution is 2.08. The smallest absolute Gasteiger partial charge is 0.338 e. The van der Waals surface area contributed by atoms with Crippen molar-refractivity contribution >= 4 is 24.4 Å². The van der Waals surface area contributed by atoms with Gasteiger partial charge in [-0.1, -0.05) is 18.2 Å². The van der Waals surface area contributed by atoms with Crippen molar-refractivity contribution in [3.05, 3.63) is 46.0 Å². The van der Waals surface area contributed by atoms with Crippen molar-refractivity contribution in [1.82, 2.24) is 14.9 Å². The summed E-state index contributed by atoms with van der Waals surface area (Å²) < 4.78 is 6.89. The van der Waals surface area contributed by atoms with E-state index in [2.05, 4.69) is 15.3 Å². The van der Waals surface area contributed by atoms with Crippen LogP contribution in [0.1, 0.15) is 28.7 Å². The highest BCUT2D eigenvalue weighted by Gasteiger charge is 2.10. The van der Waals surface area contributed by atoms with Gasteiger partial charge in [0, 0.05) is 5.56 Å². The van der Waals surface area contributed by atoms with Crippen LogP contribution in [0.25, 0.3) is 0 Å². The molecule has 0 fully saturated rings. The van der Waals surface area contributed by atoms with E-state index < -0.39 is 0 Å². The number of hydrogen-bond donors (Lipinski definition) is 1. The molecule has 0 atom stereocenters. The van der Waals surface area contributed by atoms with Crippen molar-refractivity contribution in [2.45, 2.75) is 13.8 Å². The fourth-order valence-electron chi connectivity index (χ4n) is 1.63. The Labute approximate surface area is 121 Å². The van der Waals surface area contributed by atoms with Crippen molar-refractivity contribution in [2.75, 3.05) is 6.61 Å². The summed E-state index contributed by atoms with van der Waals surface area (Å²) in [5.41, 5.74) is 1.12. The number of nitrogens with one attached hydrogen (secondary N) is 1. The topological polar surface area (TPSA) is 72.3 Å². The van der Waals surface area contributed by atoms with E-state index in [1.54, 1.807) is 38.3 Å². The molecule has 0 saturated heterocycles. The van der Waals surface area contributed by atoms with Gasteiger partial charge in [0.2, 0.25) is 4.77 Å². The monoisotopic (exact) mass is 290 g/mol. The Balaban J connectivity index is 2.35. The van der Waals surface area contributed by atoms with Gasteiger partial charge in [0.25, 0.3) is 0 Å². The minimum Gasteiger partial charge on any atom is -0.462 e. The summed E-state index contributed by atoms with van der Waals surface area (Å²) in [6, 6.07) is 7.08. The van der Waals surface area contributed by atoms with Gasteiger partial charge in [-0.2, -0.15) is 14.9 Å². The summed E-state index contributed by atoms with van der Waals surface area (Å²) in [5.74, 6) is 0.266. The van der Waals surface area contributed by atoms with E-state index >= 15 is 0 Å². The molecular formula is C13H14N4O2S. The number of hydrogen-bond acceptors (Lipinski definition) is 5. The second-order valence-electron chi connectivity index (χ2n) is 3.94. The predicted octanol–water partition coefficient (Wildman–Crippen LogP) is 2.31. The molecule has 0 aliphatic heterocycles. The second kappa shape index (κ2) is 6.25. The molecule has 0 bridgehead atoms. The van der Waals surface area contributed by atoms with E-state index in [9.17, 15) is 4.79 Å². The fraction of sp³-hybridized carbons (Fsp3) is 0.231. The maximum absolute atomic E-state index is 11.8. The molecule has 7 heteroatoms. The molecule has 6 nitrogen and oxygen atoms in total. The minimum absolute atomic E-state index is 0.330. The number of aromatic amines is 1. The molecule has 1 aromatic carbocycles. The van der Waals surface area contributed by atoms with Gasteiger partial charge in [0.1, 0.15) is 5.82 Å². The van der Waals surface area contributed by atoms with Crippen LogP contribution in [0.3, 0.4) is 0 Å². The molecule has 1 aromatic heterocycles. The van der Waals surface area contributed by atoms with Crippen LogP contribution in [-0.4, -0.2) is 33.7 Å². The molecule has 0 amide bonds. The van der Waals surface area contributed by atoms with Gasteiger partial charge in [-0.15, -0.1) is 0 Å². The standard InChI is InChI=1S/C13H14N4O2S/c1-3-19-12(18)11-7-5-4-6-10(11)8-14-17-9(2)15-16-13(17)20/h4-8H,3H2,1-2H3,(H,16,20)/b14-8-. The molecule has 2 aromatic rings. The number of nitrogens with zero attached hydrogens (tertiary/aromatic N) is 3. The summed E-state index contributed by atoms with van der Waals surface area (Å²) in [5, 5.41) is 10.8. The number of carbonyl (C=O) groups is 1. The van der Waals surface area contributed by atoms with Crippen LogP contribution in [-0.2, 0) is 4.74 Å². The SMILES string of the molecule is CCOC(=O)c1ccccc1/C=N\n1c(C)n[nH]c1=S. The largest absolute Gasteiger partial charge is 0.462 e. The molecular weight excluding hydrogens is 276 g/mol. The summed E-state index contributed by atoms with van der Waals surface area (Å²) in [7, 11) is 0. The first-order valence-corrected chi connectivity index (χ1v) is 6.49. The quantitative estimate of drug-likeness (QED) is 0.533. The Morgan fingerprint density at radius 3 is 2.95 bits per heavy atom. The van der Waals surface area contributed by atoms with E-state index in [1.165, 1.54) is 4.68 Å². The summed E-state index contributed by atoms with van der Waals surface area (Å²) in [6.07, 6.45) is 1.56. The Morgan fingerprint density at radius 1 is 1.55 bits per heavy atom. The van der Waals surface area contributed by atoms with Crippen LogP contribution >= 0.6 is 12.2 Å². The Hall–Kier alpha value is -2.28. The normalized spacial score (nSPS) is 10.9. The van der Waals surface area contributed by atoms with Gasteiger partial charge < -0.3 is 4.74 Å². The molecule has 2 rings (SSSR count). The number of aromatic nitrogens is 3. The van der Waals surface area contributed by atoms with Crippen LogP contribution in [0.4, 0.5) is 0 Å². The van der Waals surface area contributed by atoms with E-state index in [4.69, 9.17) is 17.0 Å². The maximum Gasteiger partial charge on any atom is 0.338 e. The van der Waals surface area contributed by atoms with Crippen molar-refractivity contribution < 1.29 is 9.53 Å². The second-order valence-corrected chi connectivity index (χ2v) is 4.33. The first kappa shape index (κ1) is 14.1. The van der Waals surface area contributed by atoms with Crippen LogP contribution in [0.5, 0.6) is 0 Å². The number of esters is 1. The molecule has 0 radical (unpaired) electrons. The van der Waals surface area contributed by atoms with Crippen molar-refractivity contribution in [3.8, 4) is 0 Å². The molecule has 1 N–H and O–H groups in total. The Bertz CT molecular complexity index is 702. The lowest BCUT2D eigenvalue weighted by atomic mass is 10.1. The van der Waals surface area contributed by atoms with E-state index in [0.717, 1.165) is 0 Å². The number of H-pyrrole nitrogens is 1. The van der Waals surface area contributed by atoms with Gasteiger partial charge in [0.05, 0.1) is 18.4 Å². The molecule has 1 heterocycles. The number of carbonyl (C=O) groups excluding carboxylic acids is 1. The third-order valence-electron chi connectivity index (χ3n) is 2.58. The van der Waals surface area contributed by atoms with Crippen LogP contribution < -0.4 is 0 Å². The summed E-state index contributed by atoms with van der Waals surface area (Å²) in [6.45, 7) is 3.87. The summed E-state index contributed by atoms with van der Waals surface area (Å²) in [4.78, 5) is 11.8. The Kier molecular flexibility index (Phi) is 4.41. The van der Waals surface area contributed by atoms with Gasteiger partial charge in [-0.3, -0.25) is 5.10 Å². The number of benzene rings is 1. The van der Waals surface area contributed by atoms with Crippen LogP contribution in [0, 0.1) is 11.7 Å². The zero-order valence-corrected chi connectivity index (χ0v) is 12.0. The predicted molar refractivity (Wildman–Crippen MR) is 77.5 cm³/mol. The van der Waals surface area contributed by atoms with E-state index in [0.29, 0.717) is 28.3 Å². The first-order valence-electron chi connectivity index (χ1n) is 6.08. The summed E-state index contributed by atoms with van der Waals surface area (Å²) >= 11 is 5.05. The third kappa shape index (κ3) is 3.00. The van der Waals surface area contributed by atoms with Crippen molar-refractivity contribution in [2.24, 2.45) is 5.10 Å². The van der Waals surface area contributed by atoms with Crippen molar-refractivity contribution in [1.29, 1.82) is 0 Å². The number of ether oxygens (including phenoxy) is 1. The van der Waals surface area contributed by atoms with E-state index in [-0.39, 0.29) is 5.97 Å². The minimum atomic E-state index is -0.373. The molecule has 104 valence electrons. The molecule has 0 aliphatic rings. The zero-order valence-electron chi connectivity index (χ0n) is 11.2. The molecule has 0 saturated carbocycles. The van der Waals surface area contributed by atoms with Gasteiger partial charge >= 0.3 is 5.97 Å². The number of rotatable bonds is 4. The zero-order chi connectivity index (χ0) is 14.5. The average molecular weight is 290 g/mol. The number of aryl methyl sites for hydroxylation is 1. The molecule has 0 aliphatic carbocycles. The first-order chi connectivity index (χ1) is 9.63. The van der Waals surface area contributed by atoms with Gasteiger partial charge in [0.15, 0.2) is 0 Å². The lowest BCUT2D eigenvalue weighted by Crippen LogP contribution is -2.08. The molecule has 0 unspecified atom stereocenters. The highest BCUT2D eigenvalue weighted by atomic mass is 32.1. The lowest BCUT2D eigenvalue weighted by molar-refractivity contribution is 0.0526. The van der Waals surface area contributed by atoms with Crippen LogP contribution in [0.2, 0.25) is 0 Å². The van der Waals surface area contributed by atoms with Crippen molar-refractivity contribution in [3.63, 3.8) is 0 Å². The fourth-order valence-corrected chi connectivity index (χ4v) is 1.86. The van der Waals surface area contributed by atoms with Gasteiger partial charge in [-0.25, -0.2) is 4.79 Å². The average Bonchev–Trinajstić information content (AvgIpc) is 2.76. The van der Waals surface area contributed by atoms with Crippen LogP contribution in [0.15, 0.2) is 29.4 Å². The highest BCUT2D eigenvalue weighted by molar-refractivity contribution is 7.71. The van der Waals surface area contributed by atoms with Gasteiger partial charge in [-0.05, 0) is 32.1 Å². The molecule has 0 spiro atoms. The molecule has 20 heavy (non-hydrogen) atoms. The Morgan fingerprint density at radius 2 is 2.30 bits per heavy atom. The van der Waals surface area contributed by atoms with E-state index in [1.807, 2.05) is 6.07 Å². The third-order valence-corrected chi connectivity index (χ3v) is 2.84.